The Labute approximate surface area is 97.9 Å². The van der Waals surface area contributed by atoms with Crippen molar-refractivity contribution in [2.75, 3.05) is 7.05 Å². The highest BCUT2D eigenvalue weighted by Gasteiger charge is 2.11. The molecule has 5 heteroatoms. The number of thiophene rings is 1. The van der Waals surface area contributed by atoms with Crippen LogP contribution in [0.25, 0.3) is 0 Å². The number of aromatic nitrogens is 2. The van der Waals surface area contributed by atoms with Crippen LogP contribution in [-0.4, -0.2) is 27.8 Å². The molecule has 4 nitrogen and oxygen atoms in total. The maximum atomic E-state index is 11.8. The van der Waals surface area contributed by atoms with Crippen molar-refractivity contribution in [3.63, 3.8) is 0 Å². The highest BCUT2D eigenvalue weighted by atomic mass is 32.1. The van der Waals surface area contributed by atoms with E-state index in [0.29, 0.717) is 13.0 Å². The number of carbonyl (C=O) groups excluding carboxylic acids is 1. The third-order valence-corrected chi connectivity index (χ3v) is 3.15. The molecule has 0 aliphatic carbocycles. The lowest BCUT2D eigenvalue weighted by atomic mass is 10.3. The van der Waals surface area contributed by atoms with Gasteiger partial charge in [0.05, 0.1) is 13.0 Å². The molecular formula is C11H13N3OS. The Morgan fingerprint density at radius 2 is 2.50 bits per heavy atom. The summed E-state index contributed by atoms with van der Waals surface area (Å²) in [7, 11) is 1.79. The van der Waals surface area contributed by atoms with Gasteiger partial charge < -0.3 is 9.88 Å². The topological polar surface area (TPSA) is 49.0 Å². The molecule has 0 saturated heterocycles. The van der Waals surface area contributed by atoms with Crippen LogP contribution < -0.4 is 0 Å². The fourth-order valence-electron chi connectivity index (χ4n) is 1.39. The average Bonchev–Trinajstić information content (AvgIpc) is 2.90. The van der Waals surface area contributed by atoms with Gasteiger partial charge in [-0.3, -0.25) is 4.79 Å². The number of nitrogens with one attached hydrogen (secondary N) is 1. The number of rotatable bonds is 4. The van der Waals surface area contributed by atoms with Crippen molar-refractivity contribution in [2.45, 2.75) is 13.0 Å². The molecule has 2 heterocycles. The first-order chi connectivity index (χ1) is 7.75. The van der Waals surface area contributed by atoms with Crippen molar-refractivity contribution >= 4 is 17.2 Å². The smallest absolute Gasteiger partial charge is 0.227 e. The SMILES string of the molecule is CN(Cc1ncc[nH]1)C(=O)Cc1cccs1. The van der Waals surface area contributed by atoms with E-state index in [1.54, 1.807) is 35.7 Å². The Morgan fingerprint density at radius 1 is 1.62 bits per heavy atom. The van der Waals surface area contributed by atoms with Gasteiger partial charge in [-0.15, -0.1) is 11.3 Å². The zero-order valence-corrected chi connectivity index (χ0v) is 9.83. The zero-order chi connectivity index (χ0) is 11.4. The van der Waals surface area contributed by atoms with E-state index in [-0.39, 0.29) is 5.91 Å². The largest absolute Gasteiger partial charge is 0.347 e. The van der Waals surface area contributed by atoms with Gasteiger partial charge in [0.2, 0.25) is 5.91 Å². The van der Waals surface area contributed by atoms with Gasteiger partial charge in [0.1, 0.15) is 5.82 Å². The molecule has 0 aliphatic heterocycles. The lowest BCUT2D eigenvalue weighted by Crippen LogP contribution is -2.27. The number of amides is 1. The van der Waals surface area contributed by atoms with E-state index in [4.69, 9.17) is 0 Å². The summed E-state index contributed by atoms with van der Waals surface area (Å²) in [6, 6.07) is 3.93. The van der Waals surface area contributed by atoms with Crippen molar-refractivity contribution < 1.29 is 4.79 Å². The Bertz CT molecular complexity index is 436. The van der Waals surface area contributed by atoms with Gasteiger partial charge in [0.15, 0.2) is 0 Å². The summed E-state index contributed by atoms with van der Waals surface area (Å²) >= 11 is 1.61. The highest BCUT2D eigenvalue weighted by molar-refractivity contribution is 7.10. The van der Waals surface area contributed by atoms with Crippen LogP contribution >= 0.6 is 11.3 Å². The van der Waals surface area contributed by atoms with Crippen LogP contribution in [0.1, 0.15) is 10.7 Å². The summed E-state index contributed by atoms with van der Waals surface area (Å²) in [6.45, 7) is 0.525. The molecule has 1 N–H and O–H groups in total. The summed E-state index contributed by atoms with van der Waals surface area (Å²) in [5, 5.41) is 1.98. The van der Waals surface area contributed by atoms with E-state index in [9.17, 15) is 4.79 Å². The summed E-state index contributed by atoms with van der Waals surface area (Å²) in [5.41, 5.74) is 0. The van der Waals surface area contributed by atoms with Crippen LogP contribution in [0.4, 0.5) is 0 Å². The summed E-state index contributed by atoms with van der Waals surface area (Å²) in [6.07, 6.45) is 3.91. The summed E-state index contributed by atoms with van der Waals surface area (Å²) in [5.74, 6) is 0.917. The average molecular weight is 235 g/mol. The fraction of sp³-hybridized carbons (Fsp3) is 0.273. The van der Waals surface area contributed by atoms with Crippen LogP contribution in [-0.2, 0) is 17.8 Å². The van der Waals surface area contributed by atoms with Crippen LogP contribution in [0.5, 0.6) is 0 Å². The Morgan fingerprint density at radius 3 is 3.12 bits per heavy atom. The van der Waals surface area contributed by atoms with E-state index in [1.165, 1.54) is 0 Å². The molecule has 0 radical (unpaired) electrons. The minimum absolute atomic E-state index is 0.110. The number of nitrogens with zero attached hydrogens (tertiary/aromatic N) is 2. The quantitative estimate of drug-likeness (QED) is 0.876. The first-order valence-electron chi connectivity index (χ1n) is 5.00. The zero-order valence-electron chi connectivity index (χ0n) is 9.01. The standard InChI is InChI=1S/C11H13N3OS/c1-14(8-10-12-4-5-13-10)11(15)7-9-3-2-6-16-9/h2-6H,7-8H2,1H3,(H,12,13). The summed E-state index contributed by atoms with van der Waals surface area (Å²) < 4.78 is 0. The number of hydrogen-bond donors (Lipinski definition) is 1. The van der Waals surface area contributed by atoms with E-state index < -0.39 is 0 Å². The number of carbonyl (C=O) groups is 1. The third-order valence-electron chi connectivity index (χ3n) is 2.27. The molecule has 2 aromatic heterocycles. The van der Waals surface area contributed by atoms with Gasteiger partial charge in [-0.05, 0) is 11.4 Å². The van der Waals surface area contributed by atoms with Crippen LogP contribution in [0, 0.1) is 0 Å². The molecule has 0 atom stereocenters. The molecule has 1 amide bonds. The lowest BCUT2D eigenvalue weighted by molar-refractivity contribution is -0.129. The Balaban J connectivity index is 1.90. The van der Waals surface area contributed by atoms with E-state index >= 15 is 0 Å². The van der Waals surface area contributed by atoms with Crippen molar-refractivity contribution in [3.05, 3.63) is 40.6 Å². The van der Waals surface area contributed by atoms with Crippen molar-refractivity contribution in [2.24, 2.45) is 0 Å². The monoisotopic (exact) mass is 235 g/mol. The predicted octanol–water partition coefficient (Wildman–Crippen LogP) is 1.67. The number of imidazole rings is 1. The third kappa shape index (κ3) is 2.70. The highest BCUT2D eigenvalue weighted by Crippen LogP contribution is 2.10. The van der Waals surface area contributed by atoms with Gasteiger partial charge in [-0.1, -0.05) is 6.07 Å². The minimum Gasteiger partial charge on any atom is -0.347 e. The van der Waals surface area contributed by atoms with Crippen molar-refractivity contribution in [1.82, 2.24) is 14.9 Å². The molecule has 0 bridgehead atoms. The first-order valence-corrected chi connectivity index (χ1v) is 5.88. The van der Waals surface area contributed by atoms with Gasteiger partial charge in [0.25, 0.3) is 0 Å². The normalized spacial score (nSPS) is 10.3. The molecule has 2 rings (SSSR count). The Hall–Kier alpha value is -1.62. The second kappa shape index (κ2) is 4.94. The first kappa shape index (κ1) is 10.9. The molecule has 84 valence electrons. The minimum atomic E-state index is 0.110. The second-order valence-electron chi connectivity index (χ2n) is 3.54. The van der Waals surface area contributed by atoms with E-state index in [0.717, 1.165) is 10.7 Å². The van der Waals surface area contributed by atoms with Gasteiger partial charge in [0, 0.05) is 24.3 Å². The maximum absolute atomic E-state index is 11.8. The number of likely N-dealkylation sites (N-methyl/N-ethyl adjacent to an activating group) is 1. The molecule has 0 aromatic carbocycles. The van der Waals surface area contributed by atoms with E-state index in [2.05, 4.69) is 9.97 Å². The van der Waals surface area contributed by atoms with Gasteiger partial charge in [-0.25, -0.2) is 4.98 Å². The fourth-order valence-corrected chi connectivity index (χ4v) is 2.09. The molecule has 0 aliphatic rings. The predicted molar refractivity (Wildman–Crippen MR) is 63.1 cm³/mol. The maximum Gasteiger partial charge on any atom is 0.227 e. The molecule has 0 fully saturated rings. The van der Waals surface area contributed by atoms with Crippen molar-refractivity contribution in [1.29, 1.82) is 0 Å². The van der Waals surface area contributed by atoms with Crippen LogP contribution in [0.2, 0.25) is 0 Å². The lowest BCUT2D eigenvalue weighted by Gasteiger charge is -2.14. The second-order valence-corrected chi connectivity index (χ2v) is 4.57. The molecule has 2 aromatic rings. The number of aromatic amines is 1. The molecular weight excluding hydrogens is 222 g/mol. The number of H-pyrrole nitrogens is 1. The molecule has 0 spiro atoms. The van der Waals surface area contributed by atoms with Gasteiger partial charge in [-0.2, -0.15) is 0 Å². The number of hydrogen-bond acceptors (Lipinski definition) is 3. The summed E-state index contributed by atoms with van der Waals surface area (Å²) in [4.78, 5) is 21.7. The van der Waals surface area contributed by atoms with E-state index in [1.807, 2.05) is 17.5 Å². The molecule has 16 heavy (non-hydrogen) atoms. The molecule has 0 unspecified atom stereocenters. The van der Waals surface area contributed by atoms with Crippen LogP contribution in [0.3, 0.4) is 0 Å². The van der Waals surface area contributed by atoms with Crippen molar-refractivity contribution in [3.8, 4) is 0 Å². The molecule has 0 saturated carbocycles. The Kier molecular flexibility index (Phi) is 3.36. The van der Waals surface area contributed by atoms with Crippen LogP contribution in [0.15, 0.2) is 29.9 Å². The van der Waals surface area contributed by atoms with Gasteiger partial charge >= 0.3 is 0 Å².